The largest absolute Gasteiger partial charge is 0.492 e. The normalized spacial score (nSPS) is 14.9. The third kappa shape index (κ3) is 4.66. The minimum Gasteiger partial charge on any atom is -0.492 e. The van der Waals surface area contributed by atoms with Gasteiger partial charge in [0.2, 0.25) is 0 Å². The van der Waals surface area contributed by atoms with E-state index in [0.29, 0.717) is 29.4 Å². The van der Waals surface area contributed by atoms with Gasteiger partial charge in [0.15, 0.2) is 0 Å². The fourth-order valence-corrected chi connectivity index (χ4v) is 4.78. The van der Waals surface area contributed by atoms with Gasteiger partial charge >= 0.3 is 0 Å². The molecule has 5 rings (SSSR count). The Balaban J connectivity index is 1.19. The van der Waals surface area contributed by atoms with Crippen LogP contribution in [0.5, 0.6) is 5.75 Å². The van der Waals surface area contributed by atoms with Crippen LogP contribution in [-0.4, -0.2) is 36.1 Å². The standard InChI is InChI=1S/C28H25F2N3O/c29-22-5-7-27-25(16-22)26(18-32-27)21-9-11-33(12-10-21)13-14-34-28-8-6-23(30)15-24(28)20-3-1-19(17-31)2-4-20/h1-8,15-16,18,21,32H,9-14H2. The number of nitrogens with one attached hydrogen (secondary N) is 1. The Kier molecular flexibility index (Phi) is 6.29. The van der Waals surface area contributed by atoms with Crippen LogP contribution in [0, 0.1) is 23.0 Å². The molecule has 6 heteroatoms. The van der Waals surface area contributed by atoms with E-state index in [0.717, 1.165) is 48.9 Å². The van der Waals surface area contributed by atoms with E-state index < -0.39 is 0 Å². The first-order valence-electron chi connectivity index (χ1n) is 11.5. The van der Waals surface area contributed by atoms with Gasteiger partial charge in [-0.1, -0.05) is 12.1 Å². The highest BCUT2D eigenvalue weighted by molar-refractivity contribution is 5.83. The first-order valence-corrected chi connectivity index (χ1v) is 11.5. The van der Waals surface area contributed by atoms with Gasteiger partial charge in [0.25, 0.3) is 0 Å². The van der Waals surface area contributed by atoms with Crippen molar-refractivity contribution in [2.45, 2.75) is 18.8 Å². The monoisotopic (exact) mass is 457 g/mol. The molecule has 1 fully saturated rings. The van der Waals surface area contributed by atoms with Crippen molar-refractivity contribution in [1.82, 2.24) is 9.88 Å². The smallest absolute Gasteiger partial charge is 0.127 e. The first kappa shape index (κ1) is 22.1. The Morgan fingerprint density at radius 1 is 0.971 bits per heavy atom. The summed E-state index contributed by atoms with van der Waals surface area (Å²) in [6.07, 6.45) is 4.04. The molecule has 3 aromatic carbocycles. The number of fused-ring (bicyclic) bond motifs is 1. The van der Waals surface area contributed by atoms with E-state index >= 15 is 0 Å². The molecular weight excluding hydrogens is 432 g/mol. The van der Waals surface area contributed by atoms with E-state index in [1.807, 2.05) is 18.3 Å². The van der Waals surface area contributed by atoms with Crippen LogP contribution >= 0.6 is 0 Å². The Labute approximate surface area is 197 Å². The molecule has 1 aliphatic rings. The van der Waals surface area contributed by atoms with Gasteiger partial charge in [-0.2, -0.15) is 5.26 Å². The second-order valence-corrected chi connectivity index (χ2v) is 8.73. The highest BCUT2D eigenvalue weighted by Gasteiger charge is 2.23. The van der Waals surface area contributed by atoms with Gasteiger partial charge in [-0.25, -0.2) is 8.78 Å². The zero-order chi connectivity index (χ0) is 23.5. The molecule has 172 valence electrons. The Morgan fingerprint density at radius 2 is 1.71 bits per heavy atom. The van der Waals surface area contributed by atoms with Crippen molar-refractivity contribution in [3.8, 4) is 22.9 Å². The summed E-state index contributed by atoms with van der Waals surface area (Å²) in [6.45, 7) is 3.17. The van der Waals surface area contributed by atoms with E-state index in [1.165, 1.54) is 23.8 Å². The average Bonchev–Trinajstić information content (AvgIpc) is 3.28. The van der Waals surface area contributed by atoms with Crippen LogP contribution in [0.3, 0.4) is 0 Å². The van der Waals surface area contributed by atoms with Crippen molar-refractivity contribution in [1.29, 1.82) is 5.26 Å². The van der Waals surface area contributed by atoms with E-state index in [1.54, 1.807) is 30.3 Å². The molecule has 4 nitrogen and oxygen atoms in total. The zero-order valence-corrected chi connectivity index (χ0v) is 18.7. The van der Waals surface area contributed by atoms with Gasteiger partial charge in [0, 0.05) is 29.2 Å². The van der Waals surface area contributed by atoms with Crippen molar-refractivity contribution in [2.24, 2.45) is 0 Å². The van der Waals surface area contributed by atoms with Crippen molar-refractivity contribution in [3.63, 3.8) is 0 Å². The molecule has 1 N–H and O–H groups in total. The fourth-order valence-electron chi connectivity index (χ4n) is 4.78. The highest BCUT2D eigenvalue weighted by Crippen LogP contribution is 2.34. The van der Waals surface area contributed by atoms with Gasteiger partial charge in [-0.15, -0.1) is 0 Å². The summed E-state index contributed by atoms with van der Waals surface area (Å²) in [5.74, 6) is 0.504. The van der Waals surface area contributed by atoms with E-state index in [-0.39, 0.29) is 11.6 Å². The van der Waals surface area contributed by atoms with Crippen LogP contribution in [-0.2, 0) is 0 Å². The van der Waals surface area contributed by atoms with E-state index in [4.69, 9.17) is 10.00 Å². The molecule has 0 atom stereocenters. The number of aromatic nitrogens is 1. The third-order valence-corrected chi connectivity index (χ3v) is 6.63. The van der Waals surface area contributed by atoms with Crippen LogP contribution in [0.2, 0.25) is 0 Å². The van der Waals surface area contributed by atoms with Gasteiger partial charge < -0.3 is 9.72 Å². The van der Waals surface area contributed by atoms with Crippen LogP contribution < -0.4 is 4.74 Å². The molecule has 0 bridgehead atoms. The summed E-state index contributed by atoms with van der Waals surface area (Å²) >= 11 is 0. The molecule has 1 saturated heterocycles. The zero-order valence-electron chi connectivity index (χ0n) is 18.7. The number of piperidine rings is 1. The topological polar surface area (TPSA) is 52.0 Å². The van der Waals surface area contributed by atoms with E-state index in [2.05, 4.69) is 16.0 Å². The summed E-state index contributed by atoms with van der Waals surface area (Å²) in [5, 5.41) is 9.99. The van der Waals surface area contributed by atoms with Gasteiger partial charge in [0.05, 0.1) is 11.6 Å². The van der Waals surface area contributed by atoms with Crippen LogP contribution in [0.15, 0.2) is 66.9 Å². The summed E-state index contributed by atoms with van der Waals surface area (Å²) in [5.41, 5.74) is 4.22. The lowest BCUT2D eigenvalue weighted by Gasteiger charge is -2.31. The Morgan fingerprint density at radius 3 is 2.47 bits per heavy atom. The summed E-state index contributed by atoms with van der Waals surface area (Å²) in [4.78, 5) is 5.63. The SMILES string of the molecule is N#Cc1ccc(-c2cc(F)ccc2OCCN2CCC(c3c[nH]c4ccc(F)cc34)CC2)cc1. The van der Waals surface area contributed by atoms with E-state index in [9.17, 15) is 8.78 Å². The van der Waals surface area contributed by atoms with Crippen molar-refractivity contribution < 1.29 is 13.5 Å². The lowest BCUT2D eigenvalue weighted by atomic mass is 9.89. The number of nitriles is 1. The quantitative estimate of drug-likeness (QED) is 0.373. The van der Waals surface area contributed by atoms with Crippen molar-refractivity contribution in [3.05, 3.63) is 89.6 Å². The molecule has 0 saturated carbocycles. The molecule has 0 radical (unpaired) electrons. The Hall–Kier alpha value is -3.69. The van der Waals surface area contributed by atoms with Gasteiger partial charge in [-0.05, 0) is 91.5 Å². The second kappa shape index (κ2) is 9.66. The molecule has 0 aliphatic carbocycles. The van der Waals surface area contributed by atoms with Crippen LogP contribution in [0.1, 0.15) is 29.9 Å². The molecule has 0 amide bonds. The maximum atomic E-state index is 13.9. The number of nitrogens with zero attached hydrogens (tertiary/aromatic N) is 2. The molecule has 1 aliphatic heterocycles. The summed E-state index contributed by atoms with van der Waals surface area (Å²) in [7, 11) is 0. The number of ether oxygens (including phenoxy) is 1. The van der Waals surface area contributed by atoms with Crippen LogP contribution in [0.25, 0.3) is 22.0 Å². The molecular formula is C28H25F2N3O. The Bertz CT molecular complexity index is 1330. The third-order valence-electron chi connectivity index (χ3n) is 6.63. The predicted octanol–water partition coefficient (Wildman–Crippen LogP) is 6.24. The molecule has 1 aromatic heterocycles. The van der Waals surface area contributed by atoms with Crippen molar-refractivity contribution in [2.75, 3.05) is 26.2 Å². The second-order valence-electron chi connectivity index (χ2n) is 8.73. The summed E-state index contributed by atoms with van der Waals surface area (Å²) in [6, 6.07) is 18.6. The van der Waals surface area contributed by atoms with Crippen molar-refractivity contribution >= 4 is 10.9 Å². The number of likely N-dealkylation sites (tertiary alicyclic amines) is 1. The lowest BCUT2D eigenvalue weighted by molar-refractivity contribution is 0.174. The highest BCUT2D eigenvalue weighted by atomic mass is 19.1. The maximum absolute atomic E-state index is 13.9. The lowest BCUT2D eigenvalue weighted by Crippen LogP contribution is -2.35. The van der Waals surface area contributed by atoms with Gasteiger partial charge in [-0.3, -0.25) is 4.90 Å². The molecule has 34 heavy (non-hydrogen) atoms. The van der Waals surface area contributed by atoms with Gasteiger partial charge in [0.1, 0.15) is 24.0 Å². The number of aromatic amines is 1. The van der Waals surface area contributed by atoms with Crippen LogP contribution in [0.4, 0.5) is 8.78 Å². The molecule has 2 heterocycles. The maximum Gasteiger partial charge on any atom is 0.127 e. The first-order chi connectivity index (χ1) is 16.6. The fraction of sp³-hybridized carbons (Fsp3) is 0.250. The number of halogens is 2. The summed E-state index contributed by atoms with van der Waals surface area (Å²) < 4.78 is 33.7. The molecule has 0 unspecified atom stereocenters. The average molecular weight is 458 g/mol. The molecule has 0 spiro atoms. The number of benzene rings is 3. The number of hydrogen-bond acceptors (Lipinski definition) is 3. The minimum absolute atomic E-state index is 0.205. The number of H-pyrrole nitrogens is 1. The number of rotatable bonds is 6. The minimum atomic E-state index is -0.328. The molecule has 4 aromatic rings. The number of hydrogen-bond donors (Lipinski definition) is 1. The predicted molar refractivity (Wildman–Crippen MR) is 129 cm³/mol.